The topological polar surface area (TPSA) is 168 Å². The summed E-state index contributed by atoms with van der Waals surface area (Å²) in [5, 5.41) is 25.2. The van der Waals surface area contributed by atoms with Crippen molar-refractivity contribution in [2.45, 2.75) is 0 Å². The normalized spacial score (nSPS) is 18.6. The van der Waals surface area contributed by atoms with Crippen LogP contribution in [0.25, 0.3) is 0 Å². The van der Waals surface area contributed by atoms with Gasteiger partial charge in [0.25, 0.3) is 0 Å². The van der Waals surface area contributed by atoms with Crippen LogP contribution in [0.15, 0.2) is 0 Å². The van der Waals surface area contributed by atoms with Gasteiger partial charge in [0.1, 0.15) is 6.29 Å². The highest BCUT2D eigenvalue weighted by atomic mass is 16.4. The number of carboxylic acid groups (broad SMARTS) is 2. The highest BCUT2D eigenvalue weighted by Crippen LogP contribution is 2.00. The molecule has 1 saturated heterocycles. The molecule has 5 N–H and O–H groups in total. The van der Waals surface area contributed by atoms with Crippen LogP contribution in [0.5, 0.6) is 0 Å². The minimum Gasteiger partial charge on any atom is -0.480 e. The largest absolute Gasteiger partial charge is 0.480 e. The molecule has 0 aromatic carbocycles. The fourth-order valence-corrected chi connectivity index (χ4v) is 2.94. The number of carboxylic acids is 2. The van der Waals surface area contributed by atoms with Gasteiger partial charge in [-0.3, -0.25) is 34.0 Å². The molecular weight excluding hydrogens is 386 g/mol. The number of amides is 1. The molecule has 168 valence electrons. The Morgan fingerprint density at radius 3 is 1.31 bits per heavy atom. The zero-order chi connectivity index (χ0) is 22.2. The maximum atomic E-state index is 11.3. The van der Waals surface area contributed by atoms with Crippen molar-refractivity contribution in [1.82, 2.24) is 19.6 Å². The van der Waals surface area contributed by atoms with E-state index in [1.54, 1.807) is 9.80 Å². The number of carbonyl (C=O) groups excluding carboxylic acids is 2. The quantitative estimate of drug-likeness (QED) is 0.290. The fourth-order valence-electron chi connectivity index (χ4n) is 2.94. The highest BCUT2D eigenvalue weighted by Gasteiger charge is 2.19. The lowest BCUT2D eigenvalue weighted by atomic mass is 10.3. The highest BCUT2D eigenvalue weighted by molar-refractivity contribution is 5.75. The van der Waals surface area contributed by atoms with E-state index in [1.165, 1.54) is 0 Å². The van der Waals surface area contributed by atoms with Gasteiger partial charge in [0.15, 0.2) is 0 Å². The maximum absolute atomic E-state index is 11.3. The van der Waals surface area contributed by atoms with Gasteiger partial charge in [0, 0.05) is 59.5 Å². The first-order valence-corrected chi connectivity index (χ1v) is 9.29. The number of rotatable bonds is 8. The summed E-state index contributed by atoms with van der Waals surface area (Å²) >= 11 is 0. The van der Waals surface area contributed by atoms with E-state index < -0.39 is 17.8 Å². The van der Waals surface area contributed by atoms with E-state index in [0.717, 1.165) is 13.4 Å². The molecule has 0 radical (unpaired) electrons. The number of nitrogens with zero attached hydrogens (tertiary/aromatic N) is 4. The molecule has 12 nitrogen and oxygen atoms in total. The Balaban J connectivity index is 0.00000379. The van der Waals surface area contributed by atoms with Gasteiger partial charge in [0.2, 0.25) is 5.91 Å². The van der Waals surface area contributed by atoms with E-state index in [9.17, 15) is 19.2 Å². The summed E-state index contributed by atoms with van der Waals surface area (Å²) in [7, 11) is 1.00. The third-order valence-electron chi connectivity index (χ3n) is 4.36. The first-order valence-electron chi connectivity index (χ1n) is 9.29. The molecule has 1 rings (SSSR count). The van der Waals surface area contributed by atoms with Crippen LogP contribution >= 0.6 is 0 Å². The third kappa shape index (κ3) is 13.7. The Morgan fingerprint density at radius 1 is 0.724 bits per heavy atom. The Kier molecular flexibility index (Phi) is 14.6. The Hall–Kier alpha value is -2.12. The lowest BCUT2D eigenvalue weighted by molar-refractivity contribution is -0.140. The first kappa shape index (κ1) is 26.9. The molecule has 29 heavy (non-hydrogen) atoms. The van der Waals surface area contributed by atoms with Crippen LogP contribution in [0.1, 0.15) is 0 Å². The van der Waals surface area contributed by atoms with Gasteiger partial charge >= 0.3 is 11.9 Å². The number of primary amides is 1. The number of hydrogen-bond acceptors (Lipinski definition) is 9. The molecule has 0 aliphatic carbocycles. The first-order chi connectivity index (χ1) is 13.8. The molecule has 0 aromatic rings. The van der Waals surface area contributed by atoms with Gasteiger partial charge < -0.3 is 25.8 Å². The van der Waals surface area contributed by atoms with Gasteiger partial charge in [-0.25, -0.2) is 0 Å². The van der Waals surface area contributed by atoms with Crippen molar-refractivity contribution in [3.63, 3.8) is 0 Å². The predicted molar refractivity (Wildman–Crippen MR) is 104 cm³/mol. The van der Waals surface area contributed by atoms with E-state index in [2.05, 4.69) is 0 Å². The summed E-state index contributed by atoms with van der Waals surface area (Å²) in [6.07, 6.45) is 0.792. The van der Waals surface area contributed by atoms with Crippen molar-refractivity contribution in [2.75, 3.05) is 85.6 Å². The summed E-state index contributed by atoms with van der Waals surface area (Å²) in [5.41, 5.74) is 5.29. The summed E-state index contributed by atoms with van der Waals surface area (Å²) in [6.45, 7) is 3.55. The molecular formula is C17H33N5O7. The standard InChI is InChI=1S/C16H29N5O6.CH4O/c17-14(23)11-19-3-1-18(9-10-22)2-4-20(12-15(24)25)7-8-21(6-5-19)13-16(26)27;1-2/h10H,1-9,11-13H2,(H2,17,23)(H,24,25)(H,26,27);2H,1H3. The van der Waals surface area contributed by atoms with Gasteiger partial charge in [-0.2, -0.15) is 0 Å². The van der Waals surface area contributed by atoms with E-state index >= 15 is 0 Å². The van der Waals surface area contributed by atoms with E-state index in [-0.39, 0.29) is 26.2 Å². The van der Waals surface area contributed by atoms with E-state index in [0.29, 0.717) is 52.4 Å². The number of carbonyl (C=O) groups is 4. The second kappa shape index (κ2) is 15.8. The average molecular weight is 419 g/mol. The number of aldehydes is 1. The van der Waals surface area contributed by atoms with Gasteiger partial charge in [0.05, 0.1) is 26.2 Å². The van der Waals surface area contributed by atoms with Crippen LogP contribution in [-0.2, 0) is 19.2 Å². The maximum Gasteiger partial charge on any atom is 0.317 e. The van der Waals surface area contributed by atoms with Crippen molar-refractivity contribution >= 4 is 24.1 Å². The zero-order valence-corrected chi connectivity index (χ0v) is 16.9. The van der Waals surface area contributed by atoms with Gasteiger partial charge in [-0.1, -0.05) is 0 Å². The fraction of sp³-hybridized carbons (Fsp3) is 0.765. The molecule has 1 amide bonds. The summed E-state index contributed by atoms with van der Waals surface area (Å²) < 4.78 is 0. The van der Waals surface area contributed by atoms with Crippen molar-refractivity contribution in [2.24, 2.45) is 5.73 Å². The van der Waals surface area contributed by atoms with Crippen molar-refractivity contribution in [3.8, 4) is 0 Å². The number of nitrogens with two attached hydrogens (primary N) is 1. The molecule has 12 heteroatoms. The lowest BCUT2D eigenvalue weighted by Crippen LogP contribution is -2.49. The van der Waals surface area contributed by atoms with Crippen molar-refractivity contribution in [3.05, 3.63) is 0 Å². The molecule has 1 aliphatic rings. The van der Waals surface area contributed by atoms with Crippen LogP contribution in [0.4, 0.5) is 0 Å². The van der Waals surface area contributed by atoms with Crippen LogP contribution in [-0.4, -0.2) is 145 Å². The Bertz CT molecular complexity index is 488. The smallest absolute Gasteiger partial charge is 0.317 e. The molecule has 1 heterocycles. The SMILES string of the molecule is CO.NC(=O)CN1CCN(CC=O)CCN(CC(=O)O)CCN(CC(=O)O)CC1. The molecule has 0 spiro atoms. The minimum absolute atomic E-state index is 0.0565. The third-order valence-corrected chi connectivity index (χ3v) is 4.36. The molecule has 0 bridgehead atoms. The number of aliphatic hydroxyl groups is 1. The van der Waals surface area contributed by atoms with Crippen LogP contribution in [0, 0.1) is 0 Å². The minimum atomic E-state index is -0.967. The van der Waals surface area contributed by atoms with E-state index in [4.69, 9.17) is 21.1 Å². The predicted octanol–water partition coefficient (Wildman–Crippen LogP) is -3.33. The molecule has 0 unspecified atom stereocenters. The Morgan fingerprint density at radius 2 is 1.03 bits per heavy atom. The summed E-state index contributed by atoms with van der Waals surface area (Å²) in [4.78, 5) is 51.6. The molecule has 1 fully saturated rings. The van der Waals surface area contributed by atoms with Crippen molar-refractivity contribution < 1.29 is 34.5 Å². The van der Waals surface area contributed by atoms with Crippen LogP contribution in [0.3, 0.4) is 0 Å². The molecule has 1 aliphatic heterocycles. The number of aliphatic hydroxyl groups excluding tert-OH is 1. The summed E-state index contributed by atoms with van der Waals surface area (Å²) in [6, 6.07) is 0. The number of aliphatic carboxylic acids is 2. The average Bonchev–Trinajstić information content (AvgIpc) is 2.64. The monoisotopic (exact) mass is 419 g/mol. The number of hydrogen-bond donors (Lipinski definition) is 4. The van der Waals surface area contributed by atoms with Crippen LogP contribution in [0.2, 0.25) is 0 Å². The van der Waals surface area contributed by atoms with Crippen molar-refractivity contribution in [1.29, 1.82) is 0 Å². The Labute approximate surface area is 170 Å². The van der Waals surface area contributed by atoms with E-state index in [1.807, 2.05) is 9.80 Å². The second-order valence-corrected chi connectivity index (χ2v) is 6.55. The van der Waals surface area contributed by atoms with Gasteiger partial charge in [-0.05, 0) is 0 Å². The summed E-state index contributed by atoms with van der Waals surface area (Å²) in [5.74, 6) is -2.40. The zero-order valence-electron chi connectivity index (χ0n) is 16.9. The molecule has 0 atom stereocenters. The van der Waals surface area contributed by atoms with Gasteiger partial charge in [-0.15, -0.1) is 0 Å². The second-order valence-electron chi connectivity index (χ2n) is 6.55. The lowest BCUT2D eigenvalue weighted by Gasteiger charge is -2.32. The van der Waals surface area contributed by atoms with Crippen LogP contribution < -0.4 is 5.73 Å². The molecule has 0 aromatic heterocycles. The molecule has 0 saturated carbocycles.